The molecule has 1 N–H and O–H groups in total. The Morgan fingerprint density at radius 1 is 1.12 bits per heavy atom. The normalized spacial score (nSPS) is 19.5. The molecule has 3 rings (SSSR count). The second kappa shape index (κ2) is 7.69. The van der Waals surface area contributed by atoms with E-state index in [4.69, 9.17) is 0 Å². The zero-order valence-electron chi connectivity index (χ0n) is 14.5. The average Bonchev–Trinajstić information content (AvgIpc) is 2.58. The highest BCUT2D eigenvalue weighted by Gasteiger charge is 2.20. The monoisotopic (exact) mass is 329 g/mol. The molecule has 5 heteroatoms. The van der Waals surface area contributed by atoms with Crippen molar-refractivity contribution in [2.75, 3.05) is 36.4 Å². The largest absolute Gasteiger partial charge is 0.372 e. The Bertz CT molecular complexity index is 577. The van der Waals surface area contributed by atoms with E-state index in [1.54, 1.807) is 4.90 Å². The van der Waals surface area contributed by atoms with Gasteiger partial charge in [0.15, 0.2) is 0 Å². The molecule has 24 heavy (non-hydrogen) atoms. The fraction of sp³-hybridized carbons (Fsp3) is 0.579. The van der Waals surface area contributed by atoms with E-state index < -0.39 is 0 Å². The predicted molar refractivity (Wildman–Crippen MR) is 96.1 cm³/mol. The Morgan fingerprint density at radius 3 is 2.50 bits per heavy atom. The van der Waals surface area contributed by atoms with E-state index >= 15 is 0 Å². The molecule has 0 bridgehead atoms. The fourth-order valence-corrected chi connectivity index (χ4v) is 3.43. The van der Waals surface area contributed by atoms with Crippen LogP contribution in [0.25, 0.3) is 0 Å². The molecule has 2 saturated heterocycles. The van der Waals surface area contributed by atoms with E-state index in [1.165, 1.54) is 18.5 Å². The van der Waals surface area contributed by atoms with Crippen LogP contribution >= 0.6 is 0 Å². The summed E-state index contributed by atoms with van der Waals surface area (Å²) in [6.07, 6.45) is 4.97. The highest BCUT2D eigenvalue weighted by atomic mass is 16.2. The number of rotatable bonds is 4. The third-order valence-electron chi connectivity index (χ3n) is 5.06. The molecule has 0 spiro atoms. The van der Waals surface area contributed by atoms with Gasteiger partial charge in [-0.3, -0.25) is 9.59 Å². The molecule has 2 fully saturated rings. The van der Waals surface area contributed by atoms with E-state index in [0.29, 0.717) is 13.0 Å². The van der Waals surface area contributed by atoms with Gasteiger partial charge in [0.05, 0.1) is 6.54 Å². The van der Waals surface area contributed by atoms with Crippen LogP contribution < -0.4 is 10.2 Å². The highest BCUT2D eigenvalue weighted by molar-refractivity contribution is 5.94. The van der Waals surface area contributed by atoms with Crippen molar-refractivity contribution in [2.24, 2.45) is 5.92 Å². The molecule has 0 radical (unpaired) electrons. The number of carbonyl (C=O) groups is 2. The SMILES string of the molecule is CC1CCN(c2ccc(NC(=O)CN3CCCCC3=O)cc2)CC1. The average molecular weight is 329 g/mol. The van der Waals surface area contributed by atoms with E-state index in [1.807, 2.05) is 12.1 Å². The predicted octanol–water partition coefficient (Wildman–Crippen LogP) is 2.87. The lowest BCUT2D eigenvalue weighted by Crippen LogP contribution is -2.40. The lowest BCUT2D eigenvalue weighted by Gasteiger charge is -2.32. The molecular weight excluding hydrogens is 302 g/mol. The van der Waals surface area contributed by atoms with Crippen molar-refractivity contribution in [3.63, 3.8) is 0 Å². The maximum Gasteiger partial charge on any atom is 0.243 e. The first kappa shape index (κ1) is 16.8. The second-order valence-electron chi connectivity index (χ2n) is 7.04. The van der Waals surface area contributed by atoms with Crippen molar-refractivity contribution in [2.45, 2.75) is 39.0 Å². The van der Waals surface area contributed by atoms with E-state index in [-0.39, 0.29) is 18.4 Å². The van der Waals surface area contributed by atoms with Gasteiger partial charge in [-0.05, 0) is 55.9 Å². The molecule has 1 aromatic rings. The minimum Gasteiger partial charge on any atom is -0.372 e. The number of hydrogen-bond donors (Lipinski definition) is 1. The number of amides is 2. The first-order valence-electron chi connectivity index (χ1n) is 9.04. The topological polar surface area (TPSA) is 52.7 Å². The zero-order chi connectivity index (χ0) is 16.9. The minimum atomic E-state index is -0.121. The van der Waals surface area contributed by atoms with Crippen LogP contribution in [-0.2, 0) is 9.59 Å². The smallest absolute Gasteiger partial charge is 0.243 e. The Kier molecular flexibility index (Phi) is 5.38. The van der Waals surface area contributed by atoms with Crippen molar-refractivity contribution in [1.82, 2.24) is 4.90 Å². The first-order chi connectivity index (χ1) is 11.6. The summed E-state index contributed by atoms with van der Waals surface area (Å²) in [4.78, 5) is 28.0. The van der Waals surface area contributed by atoms with Gasteiger partial charge >= 0.3 is 0 Å². The molecule has 0 aromatic heterocycles. The third kappa shape index (κ3) is 4.28. The summed E-state index contributed by atoms with van der Waals surface area (Å²) in [5.41, 5.74) is 2.00. The van der Waals surface area contributed by atoms with Gasteiger partial charge < -0.3 is 15.1 Å². The maximum absolute atomic E-state index is 12.1. The van der Waals surface area contributed by atoms with Gasteiger partial charge in [-0.2, -0.15) is 0 Å². The van der Waals surface area contributed by atoms with Crippen LogP contribution in [0.3, 0.4) is 0 Å². The molecule has 2 amide bonds. The molecule has 2 heterocycles. The number of benzene rings is 1. The Balaban J connectivity index is 1.52. The van der Waals surface area contributed by atoms with Crippen LogP contribution in [0.5, 0.6) is 0 Å². The Labute approximate surface area is 144 Å². The minimum absolute atomic E-state index is 0.0890. The van der Waals surface area contributed by atoms with Crippen molar-refractivity contribution in [1.29, 1.82) is 0 Å². The van der Waals surface area contributed by atoms with E-state index in [0.717, 1.165) is 37.5 Å². The summed E-state index contributed by atoms with van der Waals surface area (Å²) in [7, 11) is 0. The number of hydrogen-bond acceptors (Lipinski definition) is 3. The van der Waals surface area contributed by atoms with Gasteiger partial charge in [0.1, 0.15) is 0 Å². The number of likely N-dealkylation sites (tertiary alicyclic amines) is 1. The van der Waals surface area contributed by atoms with Crippen LogP contribution in [0.15, 0.2) is 24.3 Å². The van der Waals surface area contributed by atoms with Crippen LogP contribution in [0.4, 0.5) is 11.4 Å². The van der Waals surface area contributed by atoms with E-state index in [9.17, 15) is 9.59 Å². The lowest BCUT2D eigenvalue weighted by molar-refractivity contribution is -0.136. The second-order valence-corrected chi connectivity index (χ2v) is 7.04. The number of anilines is 2. The van der Waals surface area contributed by atoms with E-state index in [2.05, 4.69) is 29.3 Å². The lowest BCUT2D eigenvalue weighted by atomic mass is 9.99. The first-order valence-corrected chi connectivity index (χ1v) is 9.04. The van der Waals surface area contributed by atoms with Crippen LogP contribution in [-0.4, -0.2) is 42.9 Å². The molecule has 0 atom stereocenters. The van der Waals surface area contributed by atoms with Gasteiger partial charge in [0.25, 0.3) is 0 Å². The summed E-state index contributed by atoms with van der Waals surface area (Å²) >= 11 is 0. The standard InChI is InChI=1S/C19H27N3O2/c1-15-9-12-21(13-10-15)17-7-5-16(6-8-17)20-18(23)14-22-11-3-2-4-19(22)24/h5-8,15H,2-4,9-14H2,1H3,(H,20,23). The quantitative estimate of drug-likeness (QED) is 0.924. The van der Waals surface area contributed by atoms with Crippen LogP contribution in [0.1, 0.15) is 39.0 Å². The number of nitrogens with zero attached hydrogens (tertiary/aromatic N) is 2. The van der Waals surface area contributed by atoms with Crippen LogP contribution in [0, 0.1) is 5.92 Å². The number of nitrogens with one attached hydrogen (secondary N) is 1. The molecule has 130 valence electrons. The van der Waals surface area contributed by atoms with Crippen molar-refractivity contribution >= 4 is 23.2 Å². The summed E-state index contributed by atoms with van der Waals surface area (Å²) in [5.74, 6) is 0.785. The Morgan fingerprint density at radius 2 is 1.83 bits per heavy atom. The molecule has 0 unspecified atom stereocenters. The zero-order valence-corrected chi connectivity index (χ0v) is 14.5. The molecule has 2 aliphatic rings. The fourth-order valence-electron chi connectivity index (χ4n) is 3.43. The van der Waals surface area contributed by atoms with Crippen molar-refractivity contribution < 1.29 is 9.59 Å². The van der Waals surface area contributed by atoms with Gasteiger partial charge in [0.2, 0.25) is 11.8 Å². The Hall–Kier alpha value is -2.04. The highest BCUT2D eigenvalue weighted by Crippen LogP contribution is 2.24. The summed E-state index contributed by atoms with van der Waals surface area (Å²) in [6.45, 7) is 5.36. The van der Waals surface area contributed by atoms with Gasteiger partial charge in [-0.15, -0.1) is 0 Å². The molecule has 1 aromatic carbocycles. The summed E-state index contributed by atoms with van der Waals surface area (Å²) < 4.78 is 0. The van der Waals surface area contributed by atoms with Gasteiger partial charge in [0, 0.05) is 37.4 Å². The molecular formula is C19H27N3O2. The third-order valence-corrected chi connectivity index (χ3v) is 5.06. The number of carbonyl (C=O) groups excluding carboxylic acids is 2. The molecule has 0 saturated carbocycles. The molecule has 0 aliphatic carbocycles. The van der Waals surface area contributed by atoms with Crippen molar-refractivity contribution in [3.8, 4) is 0 Å². The summed E-state index contributed by atoms with van der Waals surface area (Å²) in [5, 5.41) is 2.90. The van der Waals surface area contributed by atoms with Crippen molar-refractivity contribution in [3.05, 3.63) is 24.3 Å². The maximum atomic E-state index is 12.1. The summed E-state index contributed by atoms with van der Waals surface area (Å²) in [6, 6.07) is 8.03. The van der Waals surface area contributed by atoms with Gasteiger partial charge in [-0.1, -0.05) is 6.92 Å². The van der Waals surface area contributed by atoms with Gasteiger partial charge in [-0.25, -0.2) is 0 Å². The number of piperidine rings is 2. The molecule has 2 aliphatic heterocycles. The van der Waals surface area contributed by atoms with Crippen LogP contribution in [0.2, 0.25) is 0 Å². The molecule has 5 nitrogen and oxygen atoms in total.